The summed E-state index contributed by atoms with van der Waals surface area (Å²) in [6, 6.07) is 30.5. The van der Waals surface area contributed by atoms with Gasteiger partial charge in [-0.15, -0.1) is 0 Å². The van der Waals surface area contributed by atoms with Crippen LogP contribution in [-0.4, -0.2) is 159 Å². The van der Waals surface area contributed by atoms with E-state index in [1.807, 2.05) is 77.1 Å². The molecule has 26 nitrogen and oxygen atoms in total. The molecule has 2 amide bonds. The molecule has 2 aliphatic rings. The smallest absolute Gasteiger partial charge is 0.512 e. The molecule has 2 fully saturated rings. The Morgan fingerprint density at radius 2 is 1.03 bits per heavy atom. The van der Waals surface area contributed by atoms with Crippen LogP contribution in [0.5, 0.6) is 28.7 Å². The summed E-state index contributed by atoms with van der Waals surface area (Å²) in [4.78, 5) is 53.9. The van der Waals surface area contributed by atoms with E-state index in [9.17, 15) is 14.9 Å². The molecule has 4 atom stereocenters. The van der Waals surface area contributed by atoms with Crippen LogP contribution < -0.4 is 30.0 Å². The molecular formula is C62H65Cl4CuI4N19O7P. The van der Waals surface area contributed by atoms with Gasteiger partial charge in [0.1, 0.15) is 12.1 Å². The SMILES string of the molecule is CI.CN=P.COc1c(C#N)ccnc1Cl.COc1c(C#N)ccnc1N[C@@H]1C[C@@H](C)N(C(=O)c2ccccc2-n2nccn2)C1.COc1c(I)ccnc1Cl.COc1cccnc1Cl.C[C@@H]1C[C@@H](N)CN1C(=O)c1ccccc1-n1nccn1.II.Oc1cccnc1Cl.[C-]#N.[Cu+]. The van der Waals surface area contributed by atoms with Crippen LogP contribution in [0, 0.1) is 38.1 Å². The fraction of sp³-hybridized carbons (Fsp3) is 0.258. The van der Waals surface area contributed by atoms with Crippen molar-refractivity contribution < 1.29 is 50.7 Å². The zero-order chi connectivity index (χ0) is 72.4. The van der Waals surface area contributed by atoms with E-state index in [0.29, 0.717) is 85.8 Å². The van der Waals surface area contributed by atoms with Gasteiger partial charge in [-0.3, -0.25) is 14.3 Å². The molecule has 7 aromatic heterocycles. The summed E-state index contributed by atoms with van der Waals surface area (Å²) >= 11 is 30.8. The quantitative estimate of drug-likeness (QED) is 0.0286. The number of para-hydroxylation sites is 2. The van der Waals surface area contributed by atoms with E-state index in [1.165, 1.54) is 42.3 Å². The number of halogens is 8. The van der Waals surface area contributed by atoms with Gasteiger partial charge < -0.3 is 56.7 Å². The van der Waals surface area contributed by atoms with Crippen LogP contribution in [0.1, 0.15) is 58.5 Å². The average molecular weight is 1930 g/mol. The molecule has 36 heteroatoms. The van der Waals surface area contributed by atoms with Gasteiger partial charge in [0.2, 0.25) is 0 Å². The van der Waals surface area contributed by atoms with Crippen molar-refractivity contribution in [3.8, 4) is 52.3 Å². The topological polar surface area (TPSA) is 345 Å². The van der Waals surface area contributed by atoms with E-state index in [4.69, 9.17) is 93.3 Å². The van der Waals surface area contributed by atoms with E-state index >= 15 is 0 Å². The van der Waals surface area contributed by atoms with Gasteiger partial charge in [-0.25, -0.2) is 24.9 Å². The van der Waals surface area contributed by atoms with Gasteiger partial charge in [-0.2, -0.15) is 40.5 Å². The maximum absolute atomic E-state index is 13.3. The number of methoxy groups -OCH3 is 4. The number of alkyl halides is 1. The van der Waals surface area contributed by atoms with Crippen LogP contribution in [-0.2, 0) is 17.1 Å². The summed E-state index contributed by atoms with van der Waals surface area (Å²) in [6.07, 6.45) is 15.7. The van der Waals surface area contributed by atoms with E-state index in [2.05, 4.69) is 153 Å². The Hall–Kier alpha value is -6.66. The van der Waals surface area contributed by atoms with Gasteiger partial charge in [0, 0.05) is 113 Å². The first-order valence-electron chi connectivity index (χ1n) is 27.7. The Labute approximate surface area is 652 Å². The Kier molecular flexibility index (Phi) is 46.2. The summed E-state index contributed by atoms with van der Waals surface area (Å²) in [6.45, 7) is 9.90. The van der Waals surface area contributed by atoms with Crippen LogP contribution in [0.15, 0.2) is 152 Å². The van der Waals surface area contributed by atoms with Crippen molar-refractivity contribution in [2.24, 2.45) is 10.5 Å². The molecule has 0 bridgehead atoms. The number of nitriles is 2. The largest absolute Gasteiger partial charge is 1.00 e. The fourth-order valence-electron chi connectivity index (χ4n) is 8.65. The molecule has 2 aromatic carbocycles. The van der Waals surface area contributed by atoms with Gasteiger partial charge in [-0.05, 0) is 130 Å². The number of hydrogen-bond donors (Lipinski definition) is 3. The number of nitrogens with zero attached hydrogens (tertiary/aromatic N) is 17. The van der Waals surface area contributed by atoms with Gasteiger partial charge in [0.05, 0.1) is 90.4 Å². The first-order chi connectivity index (χ1) is 46.9. The first kappa shape index (κ1) is 89.4. The van der Waals surface area contributed by atoms with Gasteiger partial charge in [-0.1, -0.05) is 93.3 Å². The monoisotopic (exact) mass is 1930 g/mol. The number of rotatable bonds is 10. The summed E-state index contributed by atoms with van der Waals surface area (Å²) in [5, 5.41) is 53.8. The number of nitrogens with two attached hydrogens (primary N) is 1. The molecule has 0 unspecified atom stereocenters. The van der Waals surface area contributed by atoms with Crippen LogP contribution in [0.3, 0.4) is 0 Å². The third-order valence-electron chi connectivity index (χ3n) is 12.7. The number of aromatic hydroxyl groups is 1. The van der Waals surface area contributed by atoms with Gasteiger partial charge in [0.15, 0.2) is 55.2 Å². The number of benzene rings is 2. The number of nitrogens with one attached hydrogen (secondary N) is 1. The molecule has 9 heterocycles. The summed E-state index contributed by atoms with van der Waals surface area (Å²) in [5.74, 6) is 2.43. The molecule has 522 valence electrons. The second-order valence-corrected chi connectivity index (χ2v) is 21.7. The molecule has 98 heavy (non-hydrogen) atoms. The minimum absolute atomic E-state index is 0. The number of hydrogen-bond acceptors (Lipinski definition) is 22. The van der Waals surface area contributed by atoms with Gasteiger partial charge >= 0.3 is 17.1 Å². The molecule has 9 aromatic rings. The molecule has 0 saturated carbocycles. The first-order valence-corrected chi connectivity index (χ1v) is 39.2. The predicted molar refractivity (Wildman–Crippen MR) is 409 cm³/mol. The molecular weight excluding hydrogens is 1870 g/mol. The Balaban J connectivity index is 0.000000612. The van der Waals surface area contributed by atoms with Crippen molar-refractivity contribution in [2.75, 3.05) is 58.8 Å². The minimum atomic E-state index is -0.0783. The number of anilines is 1. The van der Waals surface area contributed by atoms with E-state index in [0.717, 1.165) is 16.4 Å². The zero-order valence-corrected chi connectivity index (χ0v) is 67.0. The van der Waals surface area contributed by atoms with Gasteiger partial charge in [0.25, 0.3) is 11.8 Å². The Morgan fingerprint density at radius 1 is 0.612 bits per heavy atom. The van der Waals surface area contributed by atoms with Crippen LogP contribution >= 0.6 is 138 Å². The second-order valence-electron chi connectivity index (χ2n) is 18.7. The van der Waals surface area contributed by atoms with Crippen molar-refractivity contribution >= 4 is 155 Å². The van der Waals surface area contributed by atoms with E-state index in [1.54, 1.807) is 107 Å². The molecule has 0 radical (unpaired) electrons. The maximum atomic E-state index is 13.3. The van der Waals surface area contributed by atoms with Crippen molar-refractivity contribution in [1.82, 2.24) is 64.7 Å². The van der Waals surface area contributed by atoms with Crippen molar-refractivity contribution in [2.45, 2.75) is 50.9 Å². The van der Waals surface area contributed by atoms with Crippen molar-refractivity contribution in [3.63, 3.8) is 0 Å². The molecule has 2 aliphatic heterocycles. The standard InChI is InChI=1S/C21H21N7O2.C14H17N5O.C7H5ClN2O.C6H5ClINO.C6H6ClNO.C5H4ClNO.CH3I.CH4NP.CN.Cu.I2/c1-14-11-16(26-20-19(30-2)15(12-22)7-8-23-20)13-27(14)21(29)17-5-3-4-6-18(17)28-24-9-10-25-28;1-10-8-11(15)9-18(10)14(20)12-4-2-3-5-13(12)19-16-6-7-17-19;1-11-6-5(4-9)2-3-10-7(6)8;1-10-5-4(8)2-3-9-6(5)7;1-9-5-3-2-4-8-6(5)7;6-5-4(8)2-1-3-7-5;1-2;1-2-3;1-2;;1-2/h3-10,14,16H,11,13H2,1-2H3,(H,23,26);2-7,10-11H,8-9,15H2,1H3;2-3H,1H3;2-3H,1H3;2-4H,1H3;1-3,8H;1H3;3H,1H3;;;/q;;;;;;;;-1;+1;/t14-,16-;10-,11-;;;;;;;;;/m11........./s1. The Bertz CT molecular complexity index is 3910. The number of aromatic nitrogens is 11. The summed E-state index contributed by atoms with van der Waals surface area (Å²) in [5.41, 5.74) is 9.22. The minimum Gasteiger partial charge on any atom is -0.512 e. The fourth-order valence-corrected chi connectivity index (χ4v) is 10.2. The normalized spacial score (nSPS) is 13.9. The predicted octanol–water partition coefficient (Wildman–Crippen LogP) is 14.1. The third kappa shape index (κ3) is 28.2. The maximum Gasteiger partial charge on any atom is 1.00 e. The third-order valence-corrected chi connectivity index (χ3v) is 14.7. The number of amides is 2. The molecule has 11 rings (SSSR count). The van der Waals surface area contributed by atoms with Crippen LogP contribution in [0.4, 0.5) is 5.82 Å². The molecule has 2 saturated heterocycles. The average Bonchev–Trinajstić information content (AvgIpc) is 1.61. The molecule has 4 N–H and O–H groups in total. The molecule has 0 aliphatic carbocycles. The van der Waals surface area contributed by atoms with Crippen LogP contribution in [0.25, 0.3) is 11.4 Å². The second kappa shape index (κ2) is 50.6. The zero-order valence-electron chi connectivity index (χ0n) is 53.4. The Morgan fingerprint density at radius 3 is 1.42 bits per heavy atom. The van der Waals surface area contributed by atoms with E-state index < -0.39 is 0 Å². The van der Waals surface area contributed by atoms with Crippen molar-refractivity contribution in [1.29, 1.82) is 15.8 Å². The van der Waals surface area contributed by atoms with Crippen LogP contribution in [0.2, 0.25) is 20.6 Å². The summed E-state index contributed by atoms with van der Waals surface area (Å²) in [7, 11) is 10.6. The molecule has 0 spiro atoms. The number of likely N-dealkylation sites (tertiary alicyclic amines) is 2. The van der Waals surface area contributed by atoms with E-state index in [-0.39, 0.29) is 69.1 Å². The number of ether oxygens (including phenoxy) is 4. The number of carbonyl (C=O) groups is 2. The summed E-state index contributed by atoms with van der Waals surface area (Å²) < 4.78 is 24.3. The number of carbonyl (C=O) groups excluding carboxylic acids is 2. The van der Waals surface area contributed by atoms with Crippen molar-refractivity contribution in [3.05, 3.63) is 200 Å². The number of pyridine rings is 5.